The summed E-state index contributed by atoms with van der Waals surface area (Å²) < 4.78 is 1.56. The van der Waals surface area contributed by atoms with Crippen LogP contribution < -0.4 is 16.6 Å². The van der Waals surface area contributed by atoms with Crippen molar-refractivity contribution in [2.45, 2.75) is 13.0 Å². The van der Waals surface area contributed by atoms with Crippen molar-refractivity contribution in [3.63, 3.8) is 0 Å². The summed E-state index contributed by atoms with van der Waals surface area (Å²) in [5, 5.41) is 10.1. The zero-order chi connectivity index (χ0) is 14.3. The minimum absolute atomic E-state index is 0.00880. The highest BCUT2D eigenvalue weighted by Gasteiger charge is 2.09. The molecule has 0 spiro atoms. The number of carbonyl (C=O) groups excluding carboxylic acids is 2. The van der Waals surface area contributed by atoms with E-state index in [0.29, 0.717) is 26.1 Å². The maximum absolute atomic E-state index is 11.2. The van der Waals surface area contributed by atoms with Crippen LogP contribution in [0.3, 0.4) is 0 Å². The Morgan fingerprint density at radius 2 is 2.21 bits per heavy atom. The van der Waals surface area contributed by atoms with Gasteiger partial charge in [-0.2, -0.15) is 0 Å². The highest BCUT2D eigenvalue weighted by Crippen LogP contribution is 1.94. The van der Waals surface area contributed by atoms with E-state index < -0.39 is 5.91 Å². The number of nitrogens with zero attached hydrogens (tertiary/aromatic N) is 4. The van der Waals surface area contributed by atoms with Crippen LogP contribution in [-0.2, 0) is 11.3 Å². The maximum Gasteiger partial charge on any atom is 0.287 e. The Kier molecular flexibility index (Phi) is 5.90. The average Bonchev–Trinajstić information content (AvgIpc) is 2.90. The predicted molar refractivity (Wildman–Crippen MR) is 67.9 cm³/mol. The van der Waals surface area contributed by atoms with Gasteiger partial charge in [0.05, 0.1) is 12.7 Å². The molecule has 2 amide bonds. The molecule has 1 heterocycles. The molecule has 106 valence electrons. The number of nitrogens with one attached hydrogen (secondary N) is 2. The summed E-state index contributed by atoms with van der Waals surface area (Å²) in [5.74, 6) is 4.53. The number of hydrogen-bond donors (Lipinski definition) is 3. The molecule has 0 atom stereocenters. The molecule has 9 heteroatoms. The number of carbonyl (C=O) groups is 2. The van der Waals surface area contributed by atoms with Gasteiger partial charge < -0.3 is 10.2 Å². The van der Waals surface area contributed by atoms with Crippen LogP contribution in [0.15, 0.2) is 6.20 Å². The molecule has 1 aromatic rings. The van der Waals surface area contributed by atoms with E-state index in [1.165, 1.54) is 6.20 Å². The van der Waals surface area contributed by atoms with Crippen LogP contribution in [0.4, 0.5) is 0 Å². The number of amides is 2. The van der Waals surface area contributed by atoms with Gasteiger partial charge in [-0.25, -0.2) is 5.84 Å². The van der Waals surface area contributed by atoms with Gasteiger partial charge in [-0.05, 0) is 7.05 Å². The van der Waals surface area contributed by atoms with Crippen molar-refractivity contribution in [3.05, 3.63) is 11.9 Å². The van der Waals surface area contributed by atoms with Crippen LogP contribution in [0.2, 0.25) is 0 Å². The van der Waals surface area contributed by atoms with Gasteiger partial charge in [0.2, 0.25) is 5.91 Å². The minimum Gasteiger partial charge on any atom is -0.359 e. The molecule has 0 bridgehead atoms. The van der Waals surface area contributed by atoms with E-state index in [1.54, 1.807) is 11.7 Å². The fraction of sp³-hybridized carbons (Fsp3) is 0.600. The van der Waals surface area contributed by atoms with Gasteiger partial charge in [-0.3, -0.25) is 19.7 Å². The molecular weight excluding hydrogens is 250 g/mol. The lowest BCUT2D eigenvalue weighted by Gasteiger charge is -2.15. The average molecular weight is 269 g/mol. The van der Waals surface area contributed by atoms with Crippen molar-refractivity contribution in [1.29, 1.82) is 0 Å². The molecule has 1 rings (SSSR count). The Labute approximate surface area is 111 Å². The standard InChI is InChI=1S/C10H19N7O2/c1-12-9(18)3-4-16(2)5-6-17-7-8(14-15-17)10(19)13-11/h7H,3-6,11H2,1-2H3,(H,12,18)(H,13,19). The molecule has 9 nitrogen and oxygen atoms in total. The van der Waals surface area contributed by atoms with E-state index >= 15 is 0 Å². The van der Waals surface area contributed by atoms with Crippen molar-refractivity contribution in [3.8, 4) is 0 Å². The number of nitrogens with two attached hydrogens (primary N) is 1. The second-order valence-electron chi connectivity index (χ2n) is 4.07. The number of rotatable bonds is 7. The molecule has 0 aliphatic heterocycles. The first-order chi connectivity index (χ1) is 9.06. The molecule has 4 N–H and O–H groups in total. The van der Waals surface area contributed by atoms with E-state index in [2.05, 4.69) is 15.6 Å². The molecular formula is C10H19N7O2. The van der Waals surface area contributed by atoms with E-state index in [4.69, 9.17) is 5.84 Å². The summed E-state index contributed by atoms with van der Waals surface area (Å²) >= 11 is 0. The Balaban J connectivity index is 2.34. The van der Waals surface area contributed by atoms with Crippen LogP contribution in [0.25, 0.3) is 0 Å². The molecule has 0 saturated heterocycles. The van der Waals surface area contributed by atoms with Crippen LogP contribution in [0.1, 0.15) is 16.9 Å². The zero-order valence-corrected chi connectivity index (χ0v) is 11.1. The van der Waals surface area contributed by atoms with E-state index in [9.17, 15) is 9.59 Å². The largest absolute Gasteiger partial charge is 0.359 e. The number of aromatic nitrogens is 3. The van der Waals surface area contributed by atoms with Gasteiger partial charge in [-0.1, -0.05) is 5.21 Å². The molecule has 1 aromatic heterocycles. The normalized spacial score (nSPS) is 10.5. The molecule has 0 saturated carbocycles. The molecule has 0 unspecified atom stereocenters. The number of nitrogen functional groups attached to an aromatic ring is 1. The van der Waals surface area contributed by atoms with Gasteiger partial charge in [0, 0.05) is 26.6 Å². The van der Waals surface area contributed by atoms with Crippen molar-refractivity contribution >= 4 is 11.8 Å². The van der Waals surface area contributed by atoms with Crippen molar-refractivity contribution in [1.82, 2.24) is 30.6 Å². The van der Waals surface area contributed by atoms with Crippen LogP contribution in [-0.4, -0.2) is 58.9 Å². The highest BCUT2D eigenvalue weighted by atomic mass is 16.2. The summed E-state index contributed by atoms with van der Waals surface area (Å²) in [5.41, 5.74) is 2.17. The third-order valence-corrected chi connectivity index (χ3v) is 2.61. The number of likely N-dealkylation sites (N-methyl/N-ethyl adjacent to an activating group) is 1. The fourth-order valence-electron chi connectivity index (χ4n) is 1.39. The fourth-order valence-corrected chi connectivity index (χ4v) is 1.39. The molecule has 0 aromatic carbocycles. The van der Waals surface area contributed by atoms with E-state index in [1.807, 2.05) is 17.4 Å². The van der Waals surface area contributed by atoms with Gasteiger partial charge in [0.25, 0.3) is 5.91 Å². The number of hydrazine groups is 1. The predicted octanol–water partition coefficient (Wildman–Crippen LogP) is -2.05. The molecule has 0 radical (unpaired) electrons. The summed E-state index contributed by atoms with van der Waals surface area (Å²) in [6.45, 7) is 1.93. The quantitative estimate of drug-likeness (QED) is 0.298. The van der Waals surface area contributed by atoms with E-state index in [0.717, 1.165) is 0 Å². The van der Waals surface area contributed by atoms with Gasteiger partial charge in [0.15, 0.2) is 5.69 Å². The summed E-state index contributed by atoms with van der Waals surface area (Å²) in [6, 6.07) is 0. The van der Waals surface area contributed by atoms with Crippen LogP contribution in [0.5, 0.6) is 0 Å². The third kappa shape index (κ3) is 5.02. The summed E-state index contributed by atoms with van der Waals surface area (Å²) in [7, 11) is 3.52. The molecule has 19 heavy (non-hydrogen) atoms. The lowest BCUT2D eigenvalue weighted by molar-refractivity contribution is -0.120. The van der Waals surface area contributed by atoms with E-state index in [-0.39, 0.29) is 11.6 Å². The van der Waals surface area contributed by atoms with Gasteiger partial charge in [0.1, 0.15) is 0 Å². The molecule has 0 fully saturated rings. The smallest absolute Gasteiger partial charge is 0.287 e. The van der Waals surface area contributed by atoms with Crippen LogP contribution in [0, 0.1) is 0 Å². The Bertz CT molecular complexity index is 431. The Morgan fingerprint density at radius 1 is 1.47 bits per heavy atom. The first-order valence-electron chi connectivity index (χ1n) is 5.87. The lowest BCUT2D eigenvalue weighted by atomic mass is 10.3. The summed E-state index contributed by atoms with van der Waals surface area (Å²) in [6.07, 6.45) is 1.97. The number of hydrogen-bond acceptors (Lipinski definition) is 6. The molecule has 0 aliphatic carbocycles. The lowest BCUT2D eigenvalue weighted by Crippen LogP contribution is -2.30. The van der Waals surface area contributed by atoms with Crippen molar-refractivity contribution in [2.24, 2.45) is 5.84 Å². The SMILES string of the molecule is CNC(=O)CCN(C)CCn1cc(C(=O)NN)nn1. The maximum atomic E-state index is 11.2. The van der Waals surface area contributed by atoms with Gasteiger partial charge >= 0.3 is 0 Å². The van der Waals surface area contributed by atoms with Crippen molar-refractivity contribution < 1.29 is 9.59 Å². The Morgan fingerprint density at radius 3 is 2.84 bits per heavy atom. The second kappa shape index (κ2) is 7.44. The summed E-state index contributed by atoms with van der Waals surface area (Å²) in [4.78, 5) is 24.2. The van der Waals surface area contributed by atoms with Crippen molar-refractivity contribution in [2.75, 3.05) is 27.2 Å². The second-order valence-corrected chi connectivity index (χ2v) is 4.07. The van der Waals surface area contributed by atoms with Gasteiger partial charge in [-0.15, -0.1) is 5.10 Å². The topological polar surface area (TPSA) is 118 Å². The third-order valence-electron chi connectivity index (χ3n) is 2.61. The Hall–Kier alpha value is -2.00. The highest BCUT2D eigenvalue weighted by molar-refractivity contribution is 5.91. The zero-order valence-electron chi connectivity index (χ0n) is 11.1. The monoisotopic (exact) mass is 269 g/mol. The molecule has 0 aliphatic rings. The van der Waals surface area contributed by atoms with Crippen LogP contribution >= 0.6 is 0 Å². The first kappa shape index (κ1) is 15.1. The minimum atomic E-state index is -0.473. The first-order valence-corrected chi connectivity index (χ1v) is 5.87.